The van der Waals surface area contributed by atoms with Crippen LogP contribution in [0.3, 0.4) is 0 Å². The molecule has 21 heavy (non-hydrogen) atoms. The Kier molecular flexibility index (Phi) is 3.92. The fraction of sp³-hybridized carbons (Fsp3) is 0.214. The molecule has 7 nitrogen and oxygen atoms in total. The Labute approximate surface area is 121 Å². The van der Waals surface area contributed by atoms with E-state index in [2.05, 4.69) is 37.7 Å². The van der Waals surface area contributed by atoms with Crippen molar-refractivity contribution >= 4 is 0 Å². The molecule has 0 amide bonds. The SMILES string of the molecule is O=c1[nH]nc(CNCc2ccccc2Cn2cccn2)[nH]1. The molecule has 108 valence electrons. The van der Waals surface area contributed by atoms with Crippen molar-refractivity contribution in [3.63, 3.8) is 0 Å². The molecule has 2 aromatic heterocycles. The second-order valence-electron chi connectivity index (χ2n) is 4.70. The minimum atomic E-state index is -0.286. The van der Waals surface area contributed by atoms with Gasteiger partial charge in [0.05, 0.1) is 13.1 Å². The molecule has 0 fully saturated rings. The average molecular weight is 284 g/mol. The van der Waals surface area contributed by atoms with E-state index in [4.69, 9.17) is 0 Å². The lowest BCUT2D eigenvalue weighted by molar-refractivity contribution is 0.643. The summed E-state index contributed by atoms with van der Waals surface area (Å²) in [5.74, 6) is 0.601. The van der Waals surface area contributed by atoms with E-state index in [0.29, 0.717) is 18.9 Å². The quantitative estimate of drug-likeness (QED) is 0.619. The van der Waals surface area contributed by atoms with Crippen LogP contribution in [-0.4, -0.2) is 25.0 Å². The molecule has 0 saturated carbocycles. The summed E-state index contributed by atoms with van der Waals surface area (Å²) >= 11 is 0. The van der Waals surface area contributed by atoms with Gasteiger partial charge in [-0.15, -0.1) is 0 Å². The molecule has 0 aliphatic carbocycles. The smallest absolute Gasteiger partial charge is 0.306 e. The molecule has 2 heterocycles. The minimum Gasteiger partial charge on any atom is -0.306 e. The normalized spacial score (nSPS) is 10.9. The van der Waals surface area contributed by atoms with E-state index in [-0.39, 0.29) is 5.69 Å². The summed E-state index contributed by atoms with van der Waals surface area (Å²) in [5.41, 5.74) is 2.13. The van der Waals surface area contributed by atoms with E-state index in [9.17, 15) is 4.79 Å². The minimum absolute atomic E-state index is 0.286. The maximum Gasteiger partial charge on any atom is 0.340 e. The number of hydrogen-bond acceptors (Lipinski definition) is 4. The highest BCUT2D eigenvalue weighted by Gasteiger charge is 2.04. The van der Waals surface area contributed by atoms with Gasteiger partial charge in [-0.05, 0) is 17.2 Å². The van der Waals surface area contributed by atoms with Gasteiger partial charge in [-0.2, -0.15) is 10.2 Å². The summed E-state index contributed by atoms with van der Waals surface area (Å²) in [6.07, 6.45) is 3.72. The third-order valence-corrected chi connectivity index (χ3v) is 3.17. The first-order valence-corrected chi connectivity index (χ1v) is 6.70. The predicted octanol–water partition coefficient (Wildman–Crippen LogP) is 0.633. The van der Waals surface area contributed by atoms with Crippen molar-refractivity contribution in [3.05, 3.63) is 70.2 Å². The van der Waals surface area contributed by atoms with Gasteiger partial charge in [-0.3, -0.25) is 9.67 Å². The molecule has 0 atom stereocenters. The Morgan fingerprint density at radius 3 is 2.71 bits per heavy atom. The number of nitrogens with zero attached hydrogens (tertiary/aromatic N) is 3. The predicted molar refractivity (Wildman–Crippen MR) is 77.5 cm³/mol. The van der Waals surface area contributed by atoms with Crippen molar-refractivity contribution in [1.82, 2.24) is 30.3 Å². The van der Waals surface area contributed by atoms with E-state index < -0.39 is 0 Å². The molecule has 0 spiro atoms. The van der Waals surface area contributed by atoms with Crippen LogP contribution in [0.1, 0.15) is 17.0 Å². The zero-order valence-corrected chi connectivity index (χ0v) is 11.4. The highest BCUT2D eigenvalue weighted by atomic mass is 16.1. The number of aromatic nitrogens is 5. The summed E-state index contributed by atoms with van der Waals surface area (Å²) in [6, 6.07) is 10.1. The fourth-order valence-electron chi connectivity index (χ4n) is 2.16. The van der Waals surface area contributed by atoms with Crippen molar-refractivity contribution in [2.24, 2.45) is 0 Å². The number of hydrogen-bond donors (Lipinski definition) is 3. The molecule has 3 N–H and O–H groups in total. The first kappa shape index (κ1) is 13.3. The molecule has 3 aromatic rings. The largest absolute Gasteiger partial charge is 0.340 e. The summed E-state index contributed by atoms with van der Waals surface area (Å²) < 4.78 is 1.89. The van der Waals surface area contributed by atoms with Crippen LogP contribution in [0.2, 0.25) is 0 Å². The second-order valence-corrected chi connectivity index (χ2v) is 4.70. The highest BCUT2D eigenvalue weighted by molar-refractivity contribution is 5.27. The fourth-order valence-corrected chi connectivity index (χ4v) is 2.16. The van der Waals surface area contributed by atoms with Crippen molar-refractivity contribution in [2.75, 3.05) is 0 Å². The molecule has 1 aromatic carbocycles. The second kappa shape index (κ2) is 6.19. The van der Waals surface area contributed by atoms with Crippen LogP contribution in [0, 0.1) is 0 Å². The number of H-pyrrole nitrogens is 2. The van der Waals surface area contributed by atoms with Crippen molar-refractivity contribution < 1.29 is 0 Å². The Morgan fingerprint density at radius 2 is 2.00 bits per heavy atom. The molecular formula is C14H16N6O. The van der Waals surface area contributed by atoms with Gasteiger partial charge in [0.15, 0.2) is 0 Å². The lowest BCUT2D eigenvalue weighted by Gasteiger charge is -2.10. The maximum atomic E-state index is 10.9. The Bertz CT molecular complexity index is 743. The van der Waals surface area contributed by atoms with Crippen LogP contribution in [0.5, 0.6) is 0 Å². The summed E-state index contributed by atoms with van der Waals surface area (Å²) in [6.45, 7) is 1.95. The molecular weight excluding hydrogens is 268 g/mol. The summed E-state index contributed by atoms with van der Waals surface area (Å²) in [4.78, 5) is 13.6. The molecule has 0 radical (unpaired) electrons. The van der Waals surface area contributed by atoms with Gasteiger partial charge < -0.3 is 5.32 Å². The maximum absolute atomic E-state index is 10.9. The Hall–Kier alpha value is -2.67. The van der Waals surface area contributed by atoms with Crippen molar-refractivity contribution in [3.8, 4) is 0 Å². The highest BCUT2D eigenvalue weighted by Crippen LogP contribution is 2.10. The number of rotatable bonds is 6. The van der Waals surface area contributed by atoms with Gasteiger partial charge in [0, 0.05) is 18.9 Å². The van der Waals surface area contributed by atoms with Crippen molar-refractivity contribution in [1.29, 1.82) is 0 Å². The molecule has 0 bridgehead atoms. The number of benzene rings is 1. The molecule has 0 aliphatic rings. The first-order chi connectivity index (χ1) is 10.3. The average Bonchev–Trinajstić information content (AvgIpc) is 3.13. The van der Waals surface area contributed by atoms with E-state index in [1.54, 1.807) is 6.20 Å². The van der Waals surface area contributed by atoms with Crippen LogP contribution in [0.25, 0.3) is 0 Å². The van der Waals surface area contributed by atoms with Gasteiger partial charge in [-0.25, -0.2) is 9.89 Å². The molecule has 3 rings (SSSR count). The third kappa shape index (κ3) is 3.46. The Balaban J connectivity index is 1.63. The van der Waals surface area contributed by atoms with Crippen LogP contribution in [0.4, 0.5) is 0 Å². The van der Waals surface area contributed by atoms with E-state index >= 15 is 0 Å². The number of nitrogens with one attached hydrogen (secondary N) is 3. The lowest BCUT2D eigenvalue weighted by atomic mass is 10.1. The molecule has 0 saturated heterocycles. The van der Waals surface area contributed by atoms with Crippen molar-refractivity contribution in [2.45, 2.75) is 19.6 Å². The molecule has 7 heteroatoms. The standard InChI is InChI=1S/C14H16N6O/c21-14-17-13(18-19-14)9-15-8-11-4-1-2-5-12(11)10-20-7-3-6-16-20/h1-7,15H,8-10H2,(H2,17,18,19,21). The zero-order valence-electron chi connectivity index (χ0n) is 11.4. The molecule has 0 unspecified atom stereocenters. The first-order valence-electron chi connectivity index (χ1n) is 6.70. The Morgan fingerprint density at radius 1 is 1.14 bits per heavy atom. The van der Waals surface area contributed by atoms with Crippen LogP contribution in [0.15, 0.2) is 47.5 Å². The molecule has 0 aliphatic heterocycles. The van der Waals surface area contributed by atoms with Crippen LogP contribution in [-0.2, 0) is 19.6 Å². The summed E-state index contributed by atoms with van der Waals surface area (Å²) in [7, 11) is 0. The monoisotopic (exact) mass is 284 g/mol. The van der Waals surface area contributed by atoms with Gasteiger partial charge in [0.25, 0.3) is 0 Å². The van der Waals surface area contributed by atoms with Gasteiger partial charge in [-0.1, -0.05) is 24.3 Å². The van der Waals surface area contributed by atoms with E-state index in [0.717, 1.165) is 6.54 Å². The third-order valence-electron chi connectivity index (χ3n) is 3.17. The van der Waals surface area contributed by atoms with Crippen LogP contribution >= 0.6 is 0 Å². The van der Waals surface area contributed by atoms with Crippen LogP contribution < -0.4 is 11.0 Å². The van der Waals surface area contributed by atoms with E-state index in [1.165, 1.54) is 11.1 Å². The lowest BCUT2D eigenvalue weighted by Crippen LogP contribution is -2.16. The van der Waals surface area contributed by atoms with Gasteiger partial charge in [0.2, 0.25) is 0 Å². The van der Waals surface area contributed by atoms with Gasteiger partial charge >= 0.3 is 5.69 Å². The zero-order chi connectivity index (χ0) is 14.5. The van der Waals surface area contributed by atoms with E-state index in [1.807, 2.05) is 29.1 Å². The van der Waals surface area contributed by atoms with Gasteiger partial charge in [0.1, 0.15) is 5.82 Å². The number of aromatic amines is 2. The summed E-state index contributed by atoms with van der Waals surface area (Å²) in [5, 5.41) is 13.7. The topological polar surface area (TPSA) is 91.4 Å².